The van der Waals surface area contributed by atoms with E-state index in [9.17, 15) is 0 Å². The van der Waals surface area contributed by atoms with E-state index in [2.05, 4.69) is 29.1 Å². The Kier molecular flexibility index (Phi) is 4.83. The van der Waals surface area contributed by atoms with Crippen molar-refractivity contribution >= 4 is 11.8 Å². The minimum absolute atomic E-state index is 0.623. The molecule has 2 nitrogen and oxygen atoms in total. The molecule has 0 atom stereocenters. The van der Waals surface area contributed by atoms with Crippen molar-refractivity contribution in [3.63, 3.8) is 0 Å². The lowest BCUT2D eigenvalue weighted by molar-refractivity contribution is 0.155. The topological polar surface area (TPSA) is 35.2 Å². The Bertz CT molecular complexity index is 203. The molecule has 0 heterocycles. The summed E-state index contributed by atoms with van der Waals surface area (Å²) >= 11 is 1.83. The summed E-state index contributed by atoms with van der Waals surface area (Å²) in [5.74, 6) is 6.88. The van der Waals surface area contributed by atoms with Crippen LogP contribution in [0.4, 0.5) is 0 Å². The van der Waals surface area contributed by atoms with Gasteiger partial charge >= 0.3 is 0 Å². The maximum Gasteiger partial charge on any atom is 0.0769 e. The summed E-state index contributed by atoms with van der Waals surface area (Å²) < 4.78 is 0. The Morgan fingerprint density at radius 3 is 2.67 bits per heavy atom. The summed E-state index contributed by atoms with van der Waals surface area (Å²) in [5.41, 5.74) is 1.35. The maximum atomic E-state index is 4.89. The molecule has 0 amide bonds. The van der Waals surface area contributed by atoms with E-state index >= 15 is 0 Å². The lowest BCUT2D eigenvalue weighted by Crippen LogP contribution is -2.02. The smallest absolute Gasteiger partial charge is 0.0769 e. The molecule has 0 spiro atoms. The number of hydrogen-bond acceptors (Lipinski definition) is 3. The third kappa shape index (κ3) is 3.76. The second-order valence-electron chi connectivity index (χ2n) is 2.41. The Labute approximate surface area is 77.1 Å². The van der Waals surface area contributed by atoms with Gasteiger partial charge in [-0.1, -0.05) is 30.3 Å². The van der Waals surface area contributed by atoms with Crippen molar-refractivity contribution in [2.45, 2.75) is 5.75 Å². The van der Waals surface area contributed by atoms with E-state index in [-0.39, 0.29) is 0 Å². The van der Waals surface area contributed by atoms with Crippen LogP contribution in [0.2, 0.25) is 0 Å². The normalized spacial score (nSPS) is 10.1. The van der Waals surface area contributed by atoms with Gasteiger partial charge in [0.2, 0.25) is 0 Å². The van der Waals surface area contributed by atoms with Crippen LogP contribution in [0.5, 0.6) is 0 Å². The fraction of sp³-hybridized carbons (Fsp3) is 0.333. The summed E-state index contributed by atoms with van der Waals surface area (Å²) in [5, 5.41) is 0. The van der Waals surface area contributed by atoms with Gasteiger partial charge in [0.25, 0.3) is 0 Å². The average Bonchev–Trinajstić information content (AvgIpc) is 2.14. The van der Waals surface area contributed by atoms with Crippen molar-refractivity contribution < 1.29 is 4.84 Å². The molecule has 0 bridgehead atoms. The van der Waals surface area contributed by atoms with Crippen molar-refractivity contribution in [3.05, 3.63) is 35.9 Å². The third-order valence-corrected chi connectivity index (χ3v) is 2.45. The van der Waals surface area contributed by atoms with Crippen LogP contribution in [0, 0.1) is 0 Å². The lowest BCUT2D eigenvalue weighted by atomic mass is 10.2. The van der Waals surface area contributed by atoms with Gasteiger partial charge in [-0.25, -0.2) is 5.90 Å². The highest BCUT2D eigenvalue weighted by Crippen LogP contribution is 2.10. The van der Waals surface area contributed by atoms with Crippen LogP contribution < -0.4 is 5.90 Å². The molecule has 1 aromatic rings. The molecule has 66 valence electrons. The van der Waals surface area contributed by atoms with E-state index in [1.54, 1.807) is 0 Å². The predicted octanol–water partition coefficient (Wildman–Crippen LogP) is 1.81. The van der Waals surface area contributed by atoms with Gasteiger partial charge < -0.3 is 4.84 Å². The molecular weight excluding hydrogens is 170 g/mol. The van der Waals surface area contributed by atoms with E-state index in [1.165, 1.54) is 5.56 Å². The summed E-state index contributed by atoms with van der Waals surface area (Å²) in [7, 11) is 0. The number of hydrogen-bond donors (Lipinski definition) is 1. The zero-order valence-corrected chi connectivity index (χ0v) is 7.72. The largest absolute Gasteiger partial charge is 0.304 e. The van der Waals surface area contributed by atoms with Gasteiger partial charge in [0.15, 0.2) is 0 Å². The highest BCUT2D eigenvalue weighted by Gasteiger charge is 1.91. The number of rotatable bonds is 5. The summed E-state index contributed by atoms with van der Waals surface area (Å²) in [4.78, 5) is 4.46. The van der Waals surface area contributed by atoms with E-state index in [0.29, 0.717) is 6.61 Å². The molecule has 0 saturated heterocycles. The fourth-order valence-electron chi connectivity index (χ4n) is 0.871. The van der Waals surface area contributed by atoms with Gasteiger partial charge in [0, 0.05) is 11.5 Å². The zero-order chi connectivity index (χ0) is 8.65. The van der Waals surface area contributed by atoms with Crippen molar-refractivity contribution in [1.82, 2.24) is 0 Å². The summed E-state index contributed by atoms with van der Waals surface area (Å²) in [6, 6.07) is 10.4. The van der Waals surface area contributed by atoms with Gasteiger partial charge in [-0.2, -0.15) is 11.8 Å². The first kappa shape index (κ1) is 9.58. The van der Waals surface area contributed by atoms with Crippen molar-refractivity contribution in [3.8, 4) is 0 Å². The zero-order valence-electron chi connectivity index (χ0n) is 6.90. The molecule has 0 aromatic heterocycles. The summed E-state index contributed by atoms with van der Waals surface area (Å²) in [6.45, 7) is 0.623. The first-order valence-electron chi connectivity index (χ1n) is 3.87. The SMILES string of the molecule is NOCCSCc1ccccc1. The summed E-state index contributed by atoms with van der Waals surface area (Å²) in [6.07, 6.45) is 0. The van der Waals surface area contributed by atoms with Gasteiger partial charge in [0.05, 0.1) is 6.61 Å². The van der Waals surface area contributed by atoms with Crippen LogP contribution in [0.1, 0.15) is 5.56 Å². The molecule has 0 aliphatic carbocycles. The lowest BCUT2D eigenvalue weighted by Gasteiger charge is -1.99. The quantitative estimate of drug-likeness (QED) is 0.558. The minimum Gasteiger partial charge on any atom is -0.304 e. The molecule has 0 unspecified atom stereocenters. The van der Waals surface area contributed by atoms with E-state index in [0.717, 1.165) is 11.5 Å². The Hall–Kier alpha value is -0.510. The third-order valence-electron chi connectivity index (χ3n) is 1.46. The van der Waals surface area contributed by atoms with Gasteiger partial charge in [-0.15, -0.1) is 0 Å². The standard InChI is InChI=1S/C9H13NOS/c10-11-6-7-12-8-9-4-2-1-3-5-9/h1-5H,6-8,10H2. The van der Waals surface area contributed by atoms with Crippen LogP contribution in [0.15, 0.2) is 30.3 Å². The van der Waals surface area contributed by atoms with E-state index < -0.39 is 0 Å². The van der Waals surface area contributed by atoms with Crippen LogP contribution in [0.25, 0.3) is 0 Å². The minimum atomic E-state index is 0.623. The molecule has 12 heavy (non-hydrogen) atoms. The molecule has 1 rings (SSSR count). The molecule has 0 radical (unpaired) electrons. The Morgan fingerprint density at radius 1 is 1.25 bits per heavy atom. The van der Waals surface area contributed by atoms with Crippen LogP contribution in [-0.4, -0.2) is 12.4 Å². The second-order valence-corrected chi connectivity index (χ2v) is 3.51. The van der Waals surface area contributed by atoms with Gasteiger partial charge in [-0.3, -0.25) is 0 Å². The number of nitrogens with two attached hydrogens (primary N) is 1. The molecular formula is C9H13NOS. The monoisotopic (exact) mass is 183 g/mol. The van der Waals surface area contributed by atoms with Crippen LogP contribution in [0.3, 0.4) is 0 Å². The molecule has 0 aliphatic heterocycles. The molecule has 0 aliphatic rings. The molecule has 0 fully saturated rings. The van der Waals surface area contributed by atoms with Crippen LogP contribution >= 0.6 is 11.8 Å². The fourth-order valence-corrected chi connectivity index (χ4v) is 1.66. The van der Waals surface area contributed by atoms with Crippen molar-refractivity contribution in [2.75, 3.05) is 12.4 Å². The Morgan fingerprint density at radius 2 is 2.00 bits per heavy atom. The van der Waals surface area contributed by atoms with Crippen molar-refractivity contribution in [2.24, 2.45) is 5.90 Å². The van der Waals surface area contributed by atoms with E-state index in [4.69, 9.17) is 5.90 Å². The first-order chi connectivity index (χ1) is 5.93. The molecule has 1 aromatic carbocycles. The highest BCUT2D eigenvalue weighted by atomic mass is 32.2. The van der Waals surface area contributed by atoms with Crippen molar-refractivity contribution in [1.29, 1.82) is 0 Å². The predicted molar refractivity (Wildman–Crippen MR) is 52.7 cm³/mol. The first-order valence-corrected chi connectivity index (χ1v) is 5.02. The molecule has 2 N–H and O–H groups in total. The van der Waals surface area contributed by atoms with Gasteiger partial charge in [0.1, 0.15) is 0 Å². The number of benzene rings is 1. The Balaban J connectivity index is 2.16. The maximum absolute atomic E-state index is 4.89. The number of thioether (sulfide) groups is 1. The highest BCUT2D eigenvalue weighted by molar-refractivity contribution is 7.98. The van der Waals surface area contributed by atoms with Gasteiger partial charge in [-0.05, 0) is 5.56 Å². The molecule has 0 saturated carbocycles. The van der Waals surface area contributed by atoms with Crippen LogP contribution in [-0.2, 0) is 10.6 Å². The van der Waals surface area contributed by atoms with E-state index in [1.807, 2.05) is 17.8 Å². The molecule has 3 heteroatoms. The average molecular weight is 183 g/mol. The second kappa shape index (κ2) is 6.06.